The van der Waals surface area contributed by atoms with Crippen LogP contribution in [-0.4, -0.2) is 84.6 Å². The van der Waals surface area contributed by atoms with Crippen molar-refractivity contribution in [1.82, 2.24) is 9.21 Å². The van der Waals surface area contributed by atoms with E-state index >= 15 is 0 Å². The van der Waals surface area contributed by atoms with E-state index < -0.39 is 126 Å². The van der Waals surface area contributed by atoms with E-state index in [4.69, 9.17) is 22.4 Å². The van der Waals surface area contributed by atoms with E-state index in [9.17, 15) is 31.6 Å². The number of carbonyl (C=O) groups is 1. The molecule has 2 unspecified atom stereocenters. The smallest absolute Gasteiger partial charge is 0.408 e. The lowest BCUT2D eigenvalue weighted by Crippen LogP contribution is -2.57. The van der Waals surface area contributed by atoms with E-state index in [0.717, 1.165) is 18.4 Å². The monoisotopic (exact) mass is 584 g/mol. The van der Waals surface area contributed by atoms with Gasteiger partial charge in [0.2, 0.25) is 16.3 Å². The number of carboxylic acid groups (broad SMARTS) is 1. The molecule has 0 aliphatic carbocycles. The van der Waals surface area contributed by atoms with Gasteiger partial charge in [0.05, 0.1) is 59.4 Å². The number of hydrogen-bond donors (Lipinski definition) is 2. The second kappa shape index (κ2) is 11.8. The number of hydrogen-bond acceptors (Lipinski definition) is 7. The maximum atomic E-state index is 14.4. The summed E-state index contributed by atoms with van der Waals surface area (Å²) in [6.45, 7) is -3.77. The minimum atomic E-state index is -5.19. The molecule has 11 heteroatoms. The van der Waals surface area contributed by atoms with Crippen LogP contribution in [0, 0.1) is 11.8 Å². The molecule has 2 aromatic rings. The summed E-state index contributed by atoms with van der Waals surface area (Å²) in [5, 5.41) is 23.0. The van der Waals surface area contributed by atoms with Crippen LogP contribution in [0.15, 0.2) is 65.6 Å². The van der Waals surface area contributed by atoms with Crippen LogP contribution in [0.3, 0.4) is 0 Å². The molecule has 0 aromatic heterocycles. The average Bonchev–Trinajstić information content (AvgIpc) is 3.77. The molecule has 0 saturated carbocycles. The summed E-state index contributed by atoms with van der Waals surface area (Å²) in [6, 6.07) is -8.54. The summed E-state index contributed by atoms with van der Waals surface area (Å²) in [4.78, 5) is 12.5. The molecule has 40 heavy (non-hydrogen) atoms. The molecule has 3 heterocycles. The normalized spacial score (nSPS) is 31.4. The molecule has 0 bridgehead atoms. The van der Waals surface area contributed by atoms with Crippen molar-refractivity contribution in [3.63, 3.8) is 0 Å². The molecular weight excluding hydrogens is 536 g/mol. The first-order valence-electron chi connectivity index (χ1n) is 18.4. The molecule has 0 spiro atoms. The highest BCUT2D eigenvalue weighted by Gasteiger charge is 2.48. The summed E-state index contributed by atoms with van der Waals surface area (Å²) >= 11 is 0. The van der Waals surface area contributed by atoms with Crippen molar-refractivity contribution in [2.45, 2.75) is 56.0 Å². The van der Waals surface area contributed by atoms with Gasteiger partial charge in [-0.05, 0) is 47.7 Å². The number of nitrogens with zero attached hydrogens (tertiary/aromatic N) is 2. The fourth-order valence-corrected chi connectivity index (χ4v) is 6.01. The van der Waals surface area contributed by atoms with Gasteiger partial charge in [-0.2, -0.15) is 4.31 Å². The van der Waals surface area contributed by atoms with Crippen LogP contribution in [0.1, 0.15) is 41.4 Å². The third-order valence-corrected chi connectivity index (χ3v) is 8.01. The van der Waals surface area contributed by atoms with Gasteiger partial charge < -0.3 is 24.4 Å². The van der Waals surface area contributed by atoms with Crippen molar-refractivity contribution in [3.05, 3.63) is 71.9 Å². The van der Waals surface area contributed by atoms with Crippen molar-refractivity contribution in [3.8, 4) is 5.75 Å². The lowest BCUT2D eigenvalue weighted by atomic mass is 9.94. The number of amides is 1. The van der Waals surface area contributed by atoms with Crippen molar-refractivity contribution in [2.75, 3.05) is 26.2 Å². The summed E-state index contributed by atoms with van der Waals surface area (Å²) < 4.78 is 150. The lowest BCUT2D eigenvalue weighted by molar-refractivity contribution is -0.0690. The predicted octanol–water partition coefficient (Wildman–Crippen LogP) is 3.11. The molecule has 1 saturated heterocycles. The van der Waals surface area contributed by atoms with Gasteiger partial charge in [0.15, 0.2) is 0 Å². The van der Waals surface area contributed by atoms with Crippen molar-refractivity contribution in [2.24, 2.45) is 11.8 Å². The van der Waals surface area contributed by atoms with Gasteiger partial charge in [0.25, 0.3) is 0 Å². The maximum Gasteiger partial charge on any atom is 0.408 e. The largest absolute Gasteiger partial charge is 0.493 e. The van der Waals surface area contributed by atoms with Crippen LogP contribution >= 0.6 is 0 Å². The quantitative estimate of drug-likeness (QED) is 0.413. The van der Waals surface area contributed by atoms with Gasteiger partial charge in [-0.1, -0.05) is 44.1 Å². The van der Waals surface area contributed by atoms with E-state index in [1.807, 2.05) is 0 Å². The highest BCUT2D eigenvalue weighted by atomic mass is 32.2. The van der Waals surface area contributed by atoms with Crippen LogP contribution < -0.4 is 4.74 Å². The summed E-state index contributed by atoms with van der Waals surface area (Å²) in [6.07, 6.45) is -9.70. The summed E-state index contributed by atoms with van der Waals surface area (Å²) in [7, 11) is -5.19. The highest BCUT2D eigenvalue weighted by Crippen LogP contribution is 2.35. The molecular formula is C29H36N2O8S. The number of fused-ring (bicyclic) bond motifs is 2. The fraction of sp³-hybridized carbons (Fsp3) is 0.483. The van der Waals surface area contributed by atoms with E-state index in [-0.39, 0.29) is 26.9 Å². The van der Waals surface area contributed by atoms with Gasteiger partial charge >= 0.3 is 6.09 Å². The van der Waals surface area contributed by atoms with Crippen molar-refractivity contribution in [1.29, 1.82) is 0 Å². The molecule has 2 N–H and O–H groups in total. The molecule has 5 rings (SSSR count). The van der Waals surface area contributed by atoms with Crippen LogP contribution in [-0.2, 0) is 32.3 Å². The first-order chi connectivity index (χ1) is 23.8. The number of sulfonamides is 1. The third kappa shape index (κ3) is 5.83. The molecule has 216 valence electrons. The zero-order chi connectivity index (χ0) is 39.1. The van der Waals surface area contributed by atoms with Crippen molar-refractivity contribution >= 4 is 16.1 Å². The Kier molecular flexibility index (Phi) is 5.00. The number of aryl methyl sites for hydroxylation is 1. The molecule has 0 radical (unpaired) electrons. The topological polar surface area (TPSA) is 126 Å². The number of aliphatic hydroxyl groups is 1. The minimum Gasteiger partial charge on any atom is -0.493 e. The van der Waals surface area contributed by atoms with Gasteiger partial charge in [-0.15, -0.1) is 0 Å². The van der Waals surface area contributed by atoms with E-state index in [2.05, 4.69) is 0 Å². The van der Waals surface area contributed by atoms with Crippen LogP contribution in [0.2, 0.25) is 0 Å². The molecule has 2 aromatic carbocycles. The molecule has 10 nitrogen and oxygen atoms in total. The van der Waals surface area contributed by atoms with Gasteiger partial charge in [-0.3, -0.25) is 4.90 Å². The van der Waals surface area contributed by atoms with Gasteiger partial charge in [0, 0.05) is 24.9 Å². The highest BCUT2D eigenvalue weighted by molar-refractivity contribution is 7.89. The Morgan fingerprint density at radius 1 is 1.30 bits per heavy atom. The Labute approximate surface area is 251 Å². The zero-order valence-corrected chi connectivity index (χ0v) is 22.4. The van der Waals surface area contributed by atoms with E-state index in [0.29, 0.717) is 0 Å². The third-order valence-electron chi connectivity index (χ3n) is 6.34. The van der Waals surface area contributed by atoms with Crippen molar-refractivity contribution < 1.29 is 54.1 Å². The summed E-state index contributed by atoms with van der Waals surface area (Å²) in [5.41, 5.74) is -1.14. The minimum absolute atomic E-state index is 0.00126. The number of rotatable bonds is 11. The Balaban J connectivity index is 1.80. The summed E-state index contributed by atoms with van der Waals surface area (Å²) in [5.74, 6) is -1.72. The molecule has 1 amide bonds. The lowest BCUT2D eigenvalue weighted by Gasteiger charge is -2.39. The van der Waals surface area contributed by atoms with Crippen LogP contribution in [0.5, 0.6) is 5.75 Å². The number of benzene rings is 2. The van der Waals surface area contributed by atoms with E-state index in [1.165, 1.54) is 26.0 Å². The molecule has 1 fully saturated rings. The van der Waals surface area contributed by atoms with Gasteiger partial charge in [-0.25, -0.2) is 13.2 Å². The second-order valence-electron chi connectivity index (χ2n) is 9.59. The Morgan fingerprint density at radius 3 is 2.80 bits per heavy atom. The van der Waals surface area contributed by atoms with Gasteiger partial charge in [0.1, 0.15) is 5.75 Å². The maximum absolute atomic E-state index is 14.4. The predicted molar refractivity (Wildman–Crippen MR) is 146 cm³/mol. The standard InChI is InChI=1S/C29H36N2O8S/c1-19(2)16-30(40(35,36)22-8-9-27-21(15-22)10-12-37-27)17-26(32)24(14-20-6-4-3-5-7-20)31(29(33)34)25-18-39-28-23(25)11-13-38-28/h3-9,11,13,15,19,23-26,28,32H,10,12,14,16-18H2,1-2H3,(H,33,34)/t23-,24-,25?,26+,28-/m0/s1/i3D,4D,5D,6D,7D,12D,14D2,17D2,24D,26D/t12?,23-,24-,25?,26+,28-. The first-order valence-corrected chi connectivity index (χ1v) is 13.8. The van der Waals surface area contributed by atoms with Crippen LogP contribution in [0.4, 0.5) is 4.79 Å². The Bertz CT molecular complexity index is 1890. The zero-order valence-electron chi connectivity index (χ0n) is 33.5. The first kappa shape index (κ1) is 17.0. The average molecular weight is 585 g/mol. The number of ether oxygens (including phenoxy) is 3. The fourth-order valence-electron chi connectivity index (χ4n) is 4.52. The van der Waals surface area contributed by atoms with Crippen LogP contribution in [0.25, 0.3) is 0 Å². The van der Waals surface area contributed by atoms with E-state index in [1.54, 1.807) is 0 Å². The molecule has 3 aliphatic rings. The second-order valence-corrected chi connectivity index (χ2v) is 11.4. The Hall–Kier alpha value is -3.12. The Morgan fingerprint density at radius 2 is 2.08 bits per heavy atom. The molecule has 3 aliphatic heterocycles. The molecule has 6 atom stereocenters. The SMILES string of the molecule is [2H]c1c([2H])c([2H])c(C([2H])([2H])[C@]([2H])(N(C(=O)O)C2CO[C@@H]3OC=C[C@@H]23)[C@]([2H])(O)C([2H])([2H])N(CC(C)C)S(=O)(=O)c2ccc3c(c2)CC([2H])O3)c([2H])c1[2H].